The van der Waals surface area contributed by atoms with E-state index in [1.54, 1.807) is 6.20 Å². The predicted molar refractivity (Wildman–Crippen MR) is 65.3 cm³/mol. The van der Waals surface area contributed by atoms with Gasteiger partial charge in [0.25, 0.3) is 0 Å². The van der Waals surface area contributed by atoms with Gasteiger partial charge in [-0.3, -0.25) is 4.98 Å². The summed E-state index contributed by atoms with van der Waals surface area (Å²) in [5.74, 6) is 0.548. The highest BCUT2D eigenvalue weighted by Gasteiger charge is 2.39. The molecule has 3 rings (SSSR count). The van der Waals surface area contributed by atoms with Gasteiger partial charge in [0.2, 0.25) is 5.88 Å². The highest BCUT2D eigenvalue weighted by atomic mass is 35.5. The zero-order chi connectivity index (χ0) is 11.8. The van der Waals surface area contributed by atoms with Crippen molar-refractivity contribution in [2.24, 2.45) is 0 Å². The topological polar surface area (TPSA) is 38.2 Å². The van der Waals surface area contributed by atoms with E-state index >= 15 is 0 Å². The number of hydrogen-bond donors (Lipinski definition) is 0. The van der Waals surface area contributed by atoms with Crippen LogP contribution in [0.2, 0.25) is 5.15 Å². The first-order chi connectivity index (χ1) is 8.22. The van der Waals surface area contributed by atoms with Crippen LogP contribution in [0.4, 0.5) is 0 Å². The average molecular weight is 254 g/mol. The van der Waals surface area contributed by atoms with Crippen molar-refractivity contribution in [3.05, 3.63) is 17.5 Å². The monoisotopic (exact) mass is 253 g/mol. The summed E-state index contributed by atoms with van der Waals surface area (Å²) in [6, 6.07) is 1.34. The first kappa shape index (κ1) is 11.2. The molecule has 4 nitrogen and oxygen atoms in total. The van der Waals surface area contributed by atoms with E-state index in [4.69, 9.17) is 16.3 Å². The van der Waals surface area contributed by atoms with Crippen molar-refractivity contribution in [2.75, 3.05) is 7.05 Å². The number of ether oxygens (including phenoxy) is 1. The number of halogens is 1. The molecule has 3 atom stereocenters. The third kappa shape index (κ3) is 2.24. The molecule has 2 bridgehead atoms. The smallest absolute Gasteiger partial charge is 0.234 e. The van der Waals surface area contributed by atoms with Crippen LogP contribution in [0.5, 0.6) is 5.88 Å². The van der Waals surface area contributed by atoms with Gasteiger partial charge in [-0.15, -0.1) is 0 Å². The van der Waals surface area contributed by atoms with E-state index in [-0.39, 0.29) is 6.10 Å². The molecule has 3 heterocycles. The molecule has 2 saturated heterocycles. The van der Waals surface area contributed by atoms with Gasteiger partial charge in [-0.2, -0.15) is 4.98 Å². The minimum Gasteiger partial charge on any atom is -0.473 e. The van der Waals surface area contributed by atoms with E-state index in [0.717, 1.165) is 12.8 Å². The minimum absolute atomic E-state index is 0.261. The maximum atomic E-state index is 5.88. The molecule has 17 heavy (non-hydrogen) atoms. The van der Waals surface area contributed by atoms with Crippen LogP contribution >= 0.6 is 11.6 Å². The molecule has 92 valence electrons. The average Bonchev–Trinajstić information content (AvgIpc) is 2.52. The summed E-state index contributed by atoms with van der Waals surface area (Å²) in [5.41, 5.74) is 0. The van der Waals surface area contributed by atoms with Crippen LogP contribution in [0.3, 0.4) is 0 Å². The van der Waals surface area contributed by atoms with Crippen molar-refractivity contribution in [2.45, 2.75) is 43.9 Å². The van der Waals surface area contributed by atoms with Crippen LogP contribution in [0.15, 0.2) is 12.4 Å². The largest absolute Gasteiger partial charge is 0.473 e. The molecule has 2 fully saturated rings. The zero-order valence-electron chi connectivity index (χ0n) is 9.84. The van der Waals surface area contributed by atoms with Gasteiger partial charge in [0.15, 0.2) is 5.15 Å². The van der Waals surface area contributed by atoms with Crippen LogP contribution in [0.25, 0.3) is 0 Å². The fraction of sp³-hybridized carbons (Fsp3) is 0.667. The Morgan fingerprint density at radius 1 is 1.29 bits per heavy atom. The van der Waals surface area contributed by atoms with Gasteiger partial charge < -0.3 is 9.64 Å². The first-order valence-electron chi connectivity index (χ1n) is 6.08. The summed E-state index contributed by atoms with van der Waals surface area (Å²) in [7, 11) is 2.22. The van der Waals surface area contributed by atoms with Crippen LogP contribution < -0.4 is 4.74 Å². The molecule has 1 aromatic heterocycles. The number of piperidine rings is 1. The molecule has 0 spiro atoms. The highest BCUT2D eigenvalue weighted by Crippen LogP contribution is 2.35. The van der Waals surface area contributed by atoms with Gasteiger partial charge in [-0.05, 0) is 32.7 Å². The normalized spacial score (nSPS) is 32.7. The Morgan fingerprint density at radius 3 is 2.65 bits per heavy atom. The van der Waals surface area contributed by atoms with Gasteiger partial charge >= 0.3 is 0 Å². The van der Waals surface area contributed by atoms with Crippen LogP contribution in [-0.4, -0.2) is 40.1 Å². The number of rotatable bonds is 2. The van der Waals surface area contributed by atoms with Crippen LogP contribution in [-0.2, 0) is 0 Å². The van der Waals surface area contributed by atoms with Gasteiger partial charge in [0, 0.05) is 12.1 Å². The Morgan fingerprint density at radius 2 is 2.00 bits per heavy atom. The van der Waals surface area contributed by atoms with Crippen molar-refractivity contribution < 1.29 is 4.74 Å². The van der Waals surface area contributed by atoms with E-state index in [1.165, 1.54) is 19.0 Å². The van der Waals surface area contributed by atoms with Crippen LogP contribution in [0, 0.1) is 0 Å². The lowest BCUT2D eigenvalue weighted by atomic mass is 10.0. The molecule has 0 aliphatic carbocycles. The molecule has 0 N–H and O–H groups in total. The Labute approximate surface area is 106 Å². The molecule has 0 radical (unpaired) electrons. The lowest BCUT2D eigenvalue weighted by Gasteiger charge is -2.35. The molecule has 0 saturated carbocycles. The zero-order valence-corrected chi connectivity index (χ0v) is 10.6. The van der Waals surface area contributed by atoms with E-state index < -0.39 is 0 Å². The van der Waals surface area contributed by atoms with Crippen molar-refractivity contribution in [3.8, 4) is 5.88 Å². The molecule has 2 aliphatic heterocycles. The lowest BCUT2D eigenvalue weighted by Crippen LogP contribution is -2.43. The molecule has 0 unspecified atom stereocenters. The Balaban J connectivity index is 1.67. The maximum Gasteiger partial charge on any atom is 0.234 e. The van der Waals surface area contributed by atoms with Crippen molar-refractivity contribution in [1.82, 2.24) is 14.9 Å². The summed E-state index contributed by atoms with van der Waals surface area (Å²) in [5, 5.41) is 0.387. The first-order valence-corrected chi connectivity index (χ1v) is 6.46. The maximum absolute atomic E-state index is 5.88. The number of fused-ring (bicyclic) bond motifs is 2. The van der Waals surface area contributed by atoms with E-state index in [0.29, 0.717) is 23.1 Å². The van der Waals surface area contributed by atoms with Crippen molar-refractivity contribution in [3.63, 3.8) is 0 Å². The highest BCUT2D eigenvalue weighted by molar-refractivity contribution is 6.29. The van der Waals surface area contributed by atoms with Crippen LogP contribution in [0.1, 0.15) is 25.7 Å². The Hall–Kier alpha value is -0.870. The van der Waals surface area contributed by atoms with Crippen molar-refractivity contribution >= 4 is 11.6 Å². The Kier molecular flexibility index (Phi) is 2.92. The molecule has 0 aromatic carbocycles. The SMILES string of the molecule is CN1[C@@H]2CC[C@H]1C[C@@H](Oc1cncc(Cl)n1)C2. The number of aromatic nitrogens is 2. The second kappa shape index (κ2) is 4.42. The second-order valence-electron chi connectivity index (χ2n) is 4.94. The summed E-state index contributed by atoms with van der Waals surface area (Å²) in [6.45, 7) is 0. The van der Waals surface area contributed by atoms with Crippen molar-refractivity contribution in [1.29, 1.82) is 0 Å². The number of nitrogens with zero attached hydrogens (tertiary/aromatic N) is 3. The summed E-state index contributed by atoms with van der Waals surface area (Å²) in [4.78, 5) is 10.6. The van der Waals surface area contributed by atoms with Gasteiger partial charge in [-0.25, -0.2) is 0 Å². The van der Waals surface area contributed by atoms with E-state index in [1.807, 2.05) is 0 Å². The second-order valence-corrected chi connectivity index (χ2v) is 5.33. The summed E-state index contributed by atoms with van der Waals surface area (Å²) >= 11 is 5.79. The molecular weight excluding hydrogens is 238 g/mol. The third-order valence-electron chi connectivity index (χ3n) is 3.93. The van der Waals surface area contributed by atoms with E-state index in [2.05, 4.69) is 21.9 Å². The van der Waals surface area contributed by atoms with Gasteiger partial charge in [0.05, 0.1) is 12.4 Å². The van der Waals surface area contributed by atoms with Gasteiger partial charge in [0.1, 0.15) is 6.10 Å². The summed E-state index contributed by atoms with van der Waals surface area (Å²) < 4.78 is 5.88. The molecule has 0 amide bonds. The molecule has 5 heteroatoms. The lowest BCUT2D eigenvalue weighted by molar-refractivity contribution is 0.0630. The quantitative estimate of drug-likeness (QED) is 0.809. The minimum atomic E-state index is 0.261. The third-order valence-corrected chi connectivity index (χ3v) is 4.11. The molecule has 2 aliphatic rings. The number of hydrogen-bond acceptors (Lipinski definition) is 4. The molecular formula is C12H16ClN3O. The summed E-state index contributed by atoms with van der Waals surface area (Å²) in [6.07, 6.45) is 8.17. The Bertz CT molecular complexity index is 400. The predicted octanol–water partition coefficient (Wildman–Crippen LogP) is 2.13. The van der Waals surface area contributed by atoms with E-state index in [9.17, 15) is 0 Å². The standard InChI is InChI=1S/C12H16ClN3O/c1-16-8-2-3-9(16)5-10(4-8)17-12-7-14-6-11(13)15-12/h6-10H,2-5H2,1H3/t8-,9+,10+. The fourth-order valence-electron chi connectivity index (χ4n) is 3.01. The van der Waals surface area contributed by atoms with Gasteiger partial charge in [-0.1, -0.05) is 11.6 Å². The molecule has 1 aromatic rings. The fourth-order valence-corrected chi connectivity index (χ4v) is 3.15.